The van der Waals surface area contributed by atoms with Crippen LogP contribution in [0.5, 0.6) is 0 Å². The van der Waals surface area contributed by atoms with E-state index in [9.17, 15) is 9.90 Å². The lowest BCUT2D eigenvalue weighted by Gasteiger charge is -2.34. The lowest BCUT2D eigenvalue weighted by molar-refractivity contribution is 0.0467. The largest absolute Gasteiger partial charge is 0.393 e. The van der Waals surface area contributed by atoms with Crippen LogP contribution in [-0.2, 0) is 11.3 Å². The number of ether oxygens (including phenoxy) is 1. The van der Waals surface area contributed by atoms with Crippen LogP contribution in [0.2, 0.25) is 0 Å². The Kier molecular flexibility index (Phi) is 4.96. The molecule has 19 heavy (non-hydrogen) atoms. The summed E-state index contributed by atoms with van der Waals surface area (Å²) in [5.41, 5.74) is 0.955. The lowest BCUT2D eigenvalue weighted by atomic mass is 9.93. The number of amides is 1. The van der Waals surface area contributed by atoms with Gasteiger partial charge in [0.2, 0.25) is 0 Å². The number of rotatable bonds is 4. The van der Waals surface area contributed by atoms with Crippen LogP contribution in [0.1, 0.15) is 35.0 Å². The fourth-order valence-electron chi connectivity index (χ4n) is 2.52. The SMILES string of the molecule is COCc1ccsc1C(=O)N1CCCC(C(C)O)C1. The van der Waals surface area contributed by atoms with E-state index in [0.29, 0.717) is 13.2 Å². The van der Waals surface area contributed by atoms with Crippen molar-refractivity contribution in [1.82, 2.24) is 4.90 Å². The van der Waals surface area contributed by atoms with Crippen LogP contribution in [0.3, 0.4) is 0 Å². The van der Waals surface area contributed by atoms with Crippen LogP contribution >= 0.6 is 11.3 Å². The van der Waals surface area contributed by atoms with Gasteiger partial charge >= 0.3 is 0 Å². The minimum absolute atomic E-state index is 0.0763. The fraction of sp³-hybridized carbons (Fsp3) is 0.643. The van der Waals surface area contributed by atoms with Crippen LogP contribution < -0.4 is 0 Å². The first-order chi connectivity index (χ1) is 9.13. The van der Waals surface area contributed by atoms with E-state index in [-0.39, 0.29) is 17.9 Å². The van der Waals surface area contributed by atoms with Crippen molar-refractivity contribution in [2.24, 2.45) is 5.92 Å². The summed E-state index contributed by atoms with van der Waals surface area (Å²) >= 11 is 1.47. The summed E-state index contributed by atoms with van der Waals surface area (Å²) in [4.78, 5) is 15.2. The molecule has 1 aliphatic rings. The molecule has 2 rings (SSSR count). The van der Waals surface area contributed by atoms with Crippen molar-refractivity contribution in [2.75, 3.05) is 20.2 Å². The summed E-state index contributed by atoms with van der Waals surface area (Å²) in [7, 11) is 1.64. The zero-order valence-electron chi connectivity index (χ0n) is 11.5. The highest BCUT2D eigenvalue weighted by Gasteiger charge is 2.28. The van der Waals surface area contributed by atoms with Gasteiger partial charge in [-0.05, 0) is 31.2 Å². The van der Waals surface area contributed by atoms with Crippen molar-refractivity contribution in [1.29, 1.82) is 0 Å². The van der Waals surface area contributed by atoms with E-state index in [4.69, 9.17) is 4.74 Å². The third-order valence-corrected chi connectivity index (χ3v) is 4.61. The highest BCUT2D eigenvalue weighted by molar-refractivity contribution is 7.12. The molecular weight excluding hydrogens is 262 g/mol. The van der Waals surface area contributed by atoms with E-state index < -0.39 is 0 Å². The highest BCUT2D eigenvalue weighted by atomic mass is 32.1. The zero-order chi connectivity index (χ0) is 13.8. The highest BCUT2D eigenvalue weighted by Crippen LogP contribution is 2.25. The maximum atomic E-state index is 12.5. The average Bonchev–Trinajstić information content (AvgIpc) is 2.86. The number of thiophene rings is 1. The van der Waals surface area contributed by atoms with Crippen LogP contribution in [0, 0.1) is 5.92 Å². The second-order valence-electron chi connectivity index (χ2n) is 5.10. The molecule has 0 radical (unpaired) electrons. The van der Waals surface area contributed by atoms with E-state index in [0.717, 1.165) is 29.8 Å². The molecule has 0 spiro atoms. The summed E-state index contributed by atoms with van der Waals surface area (Å²) in [6.45, 7) is 3.71. The molecule has 0 bridgehead atoms. The van der Waals surface area contributed by atoms with Gasteiger partial charge in [-0.25, -0.2) is 0 Å². The molecule has 1 fully saturated rings. The van der Waals surface area contributed by atoms with Crippen LogP contribution in [0.25, 0.3) is 0 Å². The van der Waals surface area contributed by atoms with Gasteiger partial charge in [0.25, 0.3) is 5.91 Å². The molecular formula is C14H21NO3S. The minimum Gasteiger partial charge on any atom is -0.393 e. The average molecular weight is 283 g/mol. The van der Waals surface area contributed by atoms with Gasteiger partial charge in [0.05, 0.1) is 17.6 Å². The Hall–Kier alpha value is -0.910. The fourth-order valence-corrected chi connectivity index (χ4v) is 3.40. The summed E-state index contributed by atoms with van der Waals surface area (Å²) in [6.07, 6.45) is 1.61. The lowest BCUT2D eigenvalue weighted by Crippen LogP contribution is -2.42. The third kappa shape index (κ3) is 3.35. The predicted molar refractivity (Wildman–Crippen MR) is 75.3 cm³/mol. The number of aliphatic hydroxyl groups is 1. The van der Waals surface area contributed by atoms with Crippen molar-refractivity contribution < 1.29 is 14.6 Å². The van der Waals surface area contributed by atoms with Crippen LogP contribution in [0.4, 0.5) is 0 Å². The van der Waals surface area contributed by atoms with E-state index in [1.54, 1.807) is 14.0 Å². The Bertz CT molecular complexity index is 430. The standard InChI is InChI=1S/C14H21NO3S/c1-10(16)11-4-3-6-15(8-11)14(17)13-12(9-18-2)5-7-19-13/h5,7,10-11,16H,3-4,6,8-9H2,1-2H3. The van der Waals surface area contributed by atoms with Crippen molar-refractivity contribution in [2.45, 2.75) is 32.5 Å². The van der Waals surface area contributed by atoms with Crippen LogP contribution in [-0.4, -0.2) is 42.2 Å². The van der Waals surface area contributed by atoms with E-state index in [1.807, 2.05) is 16.3 Å². The van der Waals surface area contributed by atoms with Gasteiger partial charge < -0.3 is 14.7 Å². The van der Waals surface area contributed by atoms with Gasteiger partial charge in [-0.2, -0.15) is 0 Å². The number of aliphatic hydroxyl groups excluding tert-OH is 1. The van der Waals surface area contributed by atoms with Crippen molar-refractivity contribution in [3.05, 3.63) is 21.9 Å². The smallest absolute Gasteiger partial charge is 0.264 e. The maximum Gasteiger partial charge on any atom is 0.264 e. The van der Waals surface area contributed by atoms with Crippen molar-refractivity contribution >= 4 is 17.2 Å². The summed E-state index contributed by atoms with van der Waals surface area (Å²) < 4.78 is 5.12. The summed E-state index contributed by atoms with van der Waals surface area (Å²) in [5, 5.41) is 11.6. The minimum atomic E-state index is -0.350. The molecule has 4 nitrogen and oxygen atoms in total. The van der Waals surface area contributed by atoms with Gasteiger partial charge in [0, 0.05) is 31.7 Å². The van der Waals surface area contributed by atoms with E-state index in [2.05, 4.69) is 0 Å². The first-order valence-electron chi connectivity index (χ1n) is 6.66. The topological polar surface area (TPSA) is 49.8 Å². The summed E-state index contributed by atoms with van der Waals surface area (Å²) in [6, 6.07) is 1.94. The number of carbonyl (C=O) groups is 1. The Morgan fingerprint density at radius 1 is 1.68 bits per heavy atom. The number of hydrogen-bond acceptors (Lipinski definition) is 4. The number of piperidine rings is 1. The second-order valence-corrected chi connectivity index (χ2v) is 6.02. The Balaban J connectivity index is 2.08. The number of likely N-dealkylation sites (tertiary alicyclic amines) is 1. The Morgan fingerprint density at radius 3 is 3.16 bits per heavy atom. The predicted octanol–water partition coefficient (Wildman–Crippen LogP) is 2.13. The molecule has 5 heteroatoms. The van der Waals surface area contributed by atoms with E-state index >= 15 is 0 Å². The van der Waals surface area contributed by atoms with Crippen LogP contribution in [0.15, 0.2) is 11.4 Å². The second kappa shape index (κ2) is 6.50. The zero-order valence-corrected chi connectivity index (χ0v) is 12.3. The third-order valence-electron chi connectivity index (χ3n) is 3.67. The Labute approximate surface area is 118 Å². The molecule has 0 saturated carbocycles. The number of hydrogen-bond donors (Lipinski definition) is 1. The van der Waals surface area contributed by atoms with E-state index in [1.165, 1.54) is 11.3 Å². The normalized spacial score (nSPS) is 21.4. The van der Waals surface area contributed by atoms with Gasteiger partial charge in [0.1, 0.15) is 0 Å². The molecule has 0 aromatic carbocycles. The van der Waals surface area contributed by atoms with Gasteiger partial charge in [-0.3, -0.25) is 4.79 Å². The molecule has 1 aliphatic heterocycles. The first-order valence-corrected chi connectivity index (χ1v) is 7.54. The quantitative estimate of drug-likeness (QED) is 0.921. The first kappa shape index (κ1) is 14.5. The molecule has 1 aromatic rings. The van der Waals surface area contributed by atoms with Crippen molar-refractivity contribution in [3.63, 3.8) is 0 Å². The van der Waals surface area contributed by atoms with Crippen molar-refractivity contribution in [3.8, 4) is 0 Å². The molecule has 1 aromatic heterocycles. The molecule has 2 heterocycles. The number of carbonyl (C=O) groups excluding carboxylic acids is 1. The monoisotopic (exact) mass is 283 g/mol. The number of methoxy groups -OCH3 is 1. The van der Waals surface area contributed by atoms with Gasteiger partial charge in [0.15, 0.2) is 0 Å². The summed E-state index contributed by atoms with van der Waals surface area (Å²) in [5.74, 6) is 0.274. The Morgan fingerprint density at radius 2 is 2.47 bits per heavy atom. The maximum absolute atomic E-state index is 12.5. The molecule has 2 unspecified atom stereocenters. The number of nitrogens with zero attached hydrogens (tertiary/aromatic N) is 1. The molecule has 106 valence electrons. The van der Waals surface area contributed by atoms with Gasteiger partial charge in [-0.15, -0.1) is 11.3 Å². The van der Waals surface area contributed by atoms with Gasteiger partial charge in [-0.1, -0.05) is 0 Å². The molecule has 1 N–H and O–H groups in total. The molecule has 0 aliphatic carbocycles. The molecule has 1 amide bonds. The molecule has 2 atom stereocenters. The molecule has 1 saturated heterocycles.